The van der Waals surface area contributed by atoms with E-state index in [9.17, 15) is 4.79 Å². The summed E-state index contributed by atoms with van der Waals surface area (Å²) in [6, 6.07) is 10.1. The highest BCUT2D eigenvalue weighted by atomic mass is 32.2. The van der Waals surface area contributed by atoms with Crippen molar-refractivity contribution >= 4 is 44.9 Å². The predicted molar refractivity (Wildman–Crippen MR) is 137 cm³/mol. The van der Waals surface area contributed by atoms with Gasteiger partial charge in [-0.2, -0.15) is 0 Å². The molecule has 1 aromatic carbocycles. The van der Waals surface area contributed by atoms with Gasteiger partial charge in [-0.25, -0.2) is 4.98 Å². The number of nitrogens with zero attached hydrogens (tertiary/aromatic N) is 4. The van der Waals surface area contributed by atoms with Gasteiger partial charge in [0.1, 0.15) is 4.83 Å². The van der Waals surface area contributed by atoms with Crippen LogP contribution in [0.25, 0.3) is 26.6 Å². The highest BCUT2D eigenvalue weighted by molar-refractivity contribution is 7.99. The quantitative estimate of drug-likeness (QED) is 0.372. The Bertz CT molecular complexity index is 1320. The number of amides is 1. The van der Waals surface area contributed by atoms with Crippen molar-refractivity contribution in [2.24, 2.45) is 0 Å². The molecule has 176 valence electrons. The molecule has 8 nitrogen and oxygen atoms in total. The molecule has 0 radical (unpaired) electrons. The number of nitrogens with two attached hydrogens (primary N) is 1. The molecule has 5 rings (SSSR count). The van der Waals surface area contributed by atoms with Crippen LogP contribution in [0.2, 0.25) is 0 Å². The Morgan fingerprint density at radius 1 is 1.29 bits per heavy atom. The fourth-order valence-corrected chi connectivity index (χ4v) is 5.97. The highest BCUT2D eigenvalue weighted by Gasteiger charge is 2.23. The summed E-state index contributed by atoms with van der Waals surface area (Å²) in [5.41, 5.74) is 10.3. The molecule has 1 saturated heterocycles. The molecular formula is C24H26N6O2S2. The first kappa shape index (κ1) is 22.8. The van der Waals surface area contributed by atoms with Crippen LogP contribution in [0.15, 0.2) is 41.7 Å². The van der Waals surface area contributed by atoms with E-state index in [0.717, 1.165) is 51.4 Å². The van der Waals surface area contributed by atoms with Gasteiger partial charge in [-0.05, 0) is 62.1 Å². The van der Waals surface area contributed by atoms with Crippen molar-refractivity contribution in [2.45, 2.75) is 37.9 Å². The van der Waals surface area contributed by atoms with E-state index in [4.69, 9.17) is 10.5 Å². The molecule has 1 fully saturated rings. The van der Waals surface area contributed by atoms with Crippen LogP contribution in [-0.2, 0) is 9.53 Å². The van der Waals surface area contributed by atoms with E-state index in [1.807, 2.05) is 16.7 Å². The van der Waals surface area contributed by atoms with E-state index in [1.54, 1.807) is 6.20 Å². The molecule has 4 aromatic rings. The number of thiophene rings is 1. The molecule has 10 heteroatoms. The lowest BCUT2D eigenvalue weighted by atomic mass is 10.1. The molecular weight excluding hydrogens is 468 g/mol. The van der Waals surface area contributed by atoms with Crippen LogP contribution in [-0.4, -0.2) is 50.7 Å². The van der Waals surface area contributed by atoms with Crippen LogP contribution in [0.5, 0.6) is 0 Å². The number of benzene rings is 1. The van der Waals surface area contributed by atoms with Crippen molar-refractivity contribution in [1.29, 1.82) is 0 Å². The number of rotatable bonds is 7. The van der Waals surface area contributed by atoms with Gasteiger partial charge in [0.15, 0.2) is 11.0 Å². The second kappa shape index (κ2) is 9.73. The number of nitrogens with one attached hydrogen (secondary N) is 1. The van der Waals surface area contributed by atoms with E-state index < -0.39 is 0 Å². The average Bonchev–Trinajstić information content (AvgIpc) is 3.55. The number of anilines is 1. The molecule has 34 heavy (non-hydrogen) atoms. The zero-order valence-electron chi connectivity index (χ0n) is 19.1. The summed E-state index contributed by atoms with van der Waals surface area (Å²) in [6.07, 6.45) is 3.91. The molecule has 0 spiro atoms. The van der Waals surface area contributed by atoms with Crippen molar-refractivity contribution in [3.05, 3.63) is 47.7 Å². The summed E-state index contributed by atoms with van der Waals surface area (Å²) in [7, 11) is 0. The van der Waals surface area contributed by atoms with E-state index in [1.165, 1.54) is 23.1 Å². The lowest BCUT2D eigenvalue weighted by Gasteiger charge is -2.13. The first-order valence-electron chi connectivity index (χ1n) is 11.2. The van der Waals surface area contributed by atoms with E-state index in [2.05, 4.69) is 52.5 Å². The van der Waals surface area contributed by atoms with Crippen LogP contribution in [0.4, 0.5) is 5.69 Å². The second-order valence-corrected chi connectivity index (χ2v) is 10.4. The number of nitrogen functional groups attached to an aromatic ring is 1. The molecule has 0 bridgehead atoms. The van der Waals surface area contributed by atoms with Crippen LogP contribution < -0.4 is 11.1 Å². The summed E-state index contributed by atoms with van der Waals surface area (Å²) in [4.78, 5) is 18.6. The van der Waals surface area contributed by atoms with E-state index in [-0.39, 0.29) is 17.8 Å². The number of pyridine rings is 1. The molecule has 1 aliphatic heterocycles. The number of aromatic nitrogens is 4. The Labute approximate surface area is 205 Å². The fourth-order valence-electron chi connectivity index (χ4n) is 4.15. The molecule has 0 saturated carbocycles. The Morgan fingerprint density at radius 3 is 2.85 bits per heavy atom. The SMILES string of the molecule is Cc1cc(C)cc(-n2c(SCC(=O)NC[C@H]3CCCO3)nnc2-c2sc3ncccc3c2N)c1. The Morgan fingerprint density at radius 2 is 2.12 bits per heavy atom. The lowest BCUT2D eigenvalue weighted by molar-refractivity contribution is -0.119. The Kier molecular flexibility index (Phi) is 6.53. The normalized spacial score (nSPS) is 15.8. The van der Waals surface area contributed by atoms with Gasteiger partial charge in [0.05, 0.1) is 28.1 Å². The van der Waals surface area contributed by atoms with E-state index in [0.29, 0.717) is 23.2 Å². The molecule has 0 aliphatic carbocycles. The third-order valence-electron chi connectivity index (χ3n) is 5.69. The molecule has 1 atom stereocenters. The number of carbonyl (C=O) groups excluding carboxylic acids is 1. The van der Waals surface area contributed by atoms with Crippen LogP contribution in [0, 0.1) is 13.8 Å². The number of aryl methyl sites for hydroxylation is 2. The number of hydrogen-bond acceptors (Lipinski definition) is 8. The molecule has 1 aliphatic rings. The predicted octanol–water partition coefficient (Wildman–Crippen LogP) is 4.13. The van der Waals surface area contributed by atoms with Crippen molar-refractivity contribution in [2.75, 3.05) is 24.6 Å². The van der Waals surface area contributed by atoms with Crippen LogP contribution in [0.1, 0.15) is 24.0 Å². The van der Waals surface area contributed by atoms with Gasteiger partial charge in [0.25, 0.3) is 0 Å². The van der Waals surface area contributed by atoms with Crippen LogP contribution >= 0.6 is 23.1 Å². The zero-order chi connectivity index (χ0) is 23.7. The Balaban J connectivity index is 1.47. The van der Waals surface area contributed by atoms with Crippen molar-refractivity contribution in [1.82, 2.24) is 25.1 Å². The average molecular weight is 495 g/mol. The molecule has 1 amide bonds. The maximum absolute atomic E-state index is 12.5. The number of carbonyl (C=O) groups is 1. The fraction of sp³-hybridized carbons (Fsp3) is 0.333. The maximum Gasteiger partial charge on any atom is 0.230 e. The minimum atomic E-state index is -0.0531. The van der Waals surface area contributed by atoms with Gasteiger partial charge in [0, 0.05) is 24.7 Å². The van der Waals surface area contributed by atoms with Gasteiger partial charge in [-0.1, -0.05) is 17.8 Å². The van der Waals surface area contributed by atoms with Crippen molar-refractivity contribution in [3.8, 4) is 16.4 Å². The standard InChI is InChI=1S/C24H26N6O2S2/c1-14-9-15(2)11-16(10-14)30-22(21-20(25)18-6-3-7-26-23(18)34-21)28-29-24(30)33-13-19(31)27-12-17-5-4-8-32-17/h3,6-7,9-11,17H,4-5,8,12-13,25H2,1-2H3,(H,27,31)/t17-/m1/s1. The van der Waals surface area contributed by atoms with Gasteiger partial charge < -0.3 is 15.8 Å². The highest BCUT2D eigenvalue weighted by Crippen LogP contribution is 2.41. The minimum Gasteiger partial charge on any atom is -0.397 e. The third kappa shape index (κ3) is 4.66. The first-order valence-corrected chi connectivity index (χ1v) is 13.0. The number of fused-ring (bicyclic) bond motifs is 1. The molecule has 0 unspecified atom stereocenters. The molecule has 3 N–H and O–H groups in total. The lowest BCUT2D eigenvalue weighted by Crippen LogP contribution is -2.32. The topological polar surface area (TPSA) is 108 Å². The monoisotopic (exact) mass is 494 g/mol. The van der Waals surface area contributed by atoms with Gasteiger partial charge in [0.2, 0.25) is 5.91 Å². The summed E-state index contributed by atoms with van der Waals surface area (Å²) >= 11 is 2.85. The maximum atomic E-state index is 12.5. The third-order valence-corrected chi connectivity index (χ3v) is 7.74. The number of thioether (sulfide) groups is 1. The Hall–Kier alpha value is -2.95. The van der Waals surface area contributed by atoms with Crippen molar-refractivity contribution < 1.29 is 9.53 Å². The van der Waals surface area contributed by atoms with Gasteiger partial charge >= 0.3 is 0 Å². The largest absolute Gasteiger partial charge is 0.397 e. The van der Waals surface area contributed by atoms with Gasteiger partial charge in [-0.15, -0.1) is 21.5 Å². The zero-order valence-corrected chi connectivity index (χ0v) is 20.7. The summed E-state index contributed by atoms with van der Waals surface area (Å²) in [6.45, 7) is 5.43. The molecule has 3 aromatic heterocycles. The minimum absolute atomic E-state index is 0.0531. The van der Waals surface area contributed by atoms with Crippen molar-refractivity contribution in [3.63, 3.8) is 0 Å². The number of ether oxygens (including phenoxy) is 1. The molecule has 4 heterocycles. The summed E-state index contributed by atoms with van der Waals surface area (Å²) < 4.78 is 7.58. The number of hydrogen-bond donors (Lipinski definition) is 2. The van der Waals surface area contributed by atoms with Crippen LogP contribution in [0.3, 0.4) is 0 Å². The second-order valence-electron chi connectivity index (χ2n) is 8.42. The summed E-state index contributed by atoms with van der Waals surface area (Å²) in [5, 5.41) is 13.5. The van der Waals surface area contributed by atoms with Gasteiger partial charge in [-0.3, -0.25) is 9.36 Å². The van der Waals surface area contributed by atoms with E-state index >= 15 is 0 Å². The first-order chi connectivity index (χ1) is 16.5. The summed E-state index contributed by atoms with van der Waals surface area (Å²) in [5.74, 6) is 0.828. The smallest absolute Gasteiger partial charge is 0.230 e.